The molecule has 0 spiro atoms. The summed E-state index contributed by atoms with van der Waals surface area (Å²) in [6, 6.07) is 18.0. The van der Waals surface area contributed by atoms with Crippen LogP contribution in [0.5, 0.6) is 5.75 Å². The maximum atomic E-state index is 9.15. The van der Waals surface area contributed by atoms with Gasteiger partial charge in [0.15, 0.2) is 0 Å². The summed E-state index contributed by atoms with van der Waals surface area (Å²) in [5, 5.41) is 9.15. The first-order valence-electron chi connectivity index (χ1n) is 6.17. The van der Waals surface area contributed by atoms with Crippen LogP contribution in [-0.4, -0.2) is 11.7 Å². The Hall–Kier alpha value is -1.80. The summed E-state index contributed by atoms with van der Waals surface area (Å²) >= 11 is 0. The van der Waals surface area contributed by atoms with Gasteiger partial charge in [0.1, 0.15) is 12.4 Å². The van der Waals surface area contributed by atoms with E-state index in [-0.39, 0.29) is 12.5 Å². The standard InChI is InChI=1S/C16H18O2/c1-13(11-17)15-8-5-9-16(10-15)18-12-14-6-3-2-4-7-14/h2-10,13,17H,11-12H2,1H3/t13-/m0/s1. The molecule has 2 nitrogen and oxygen atoms in total. The summed E-state index contributed by atoms with van der Waals surface area (Å²) in [5.41, 5.74) is 2.25. The summed E-state index contributed by atoms with van der Waals surface area (Å²) in [5.74, 6) is 0.988. The van der Waals surface area contributed by atoms with Gasteiger partial charge in [0.2, 0.25) is 0 Å². The molecule has 2 aromatic rings. The molecule has 18 heavy (non-hydrogen) atoms. The molecule has 0 amide bonds. The van der Waals surface area contributed by atoms with Gasteiger partial charge in [-0.25, -0.2) is 0 Å². The predicted octanol–water partition coefficient (Wildman–Crippen LogP) is 3.36. The molecule has 0 bridgehead atoms. The van der Waals surface area contributed by atoms with E-state index >= 15 is 0 Å². The summed E-state index contributed by atoms with van der Waals surface area (Å²) in [6.45, 7) is 2.72. The maximum absolute atomic E-state index is 9.15. The van der Waals surface area contributed by atoms with Gasteiger partial charge >= 0.3 is 0 Å². The Labute approximate surface area is 108 Å². The van der Waals surface area contributed by atoms with Crippen LogP contribution in [0, 0.1) is 0 Å². The average molecular weight is 242 g/mol. The molecule has 2 rings (SSSR count). The van der Waals surface area contributed by atoms with Gasteiger partial charge in [-0.3, -0.25) is 0 Å². The highest BCUT2D eigenvalue weighted by Gasteiger charge is 2.04. The molecule has 94 valence electrons. The third kappa shape index (κ3) is 3.34. The topological polar surface area (TPSA) is 29.5 Å². The molecular weight excluding hydrogens is 224 g/mol. The van der Waals surface area contributed by atoms with Crippen LogP contribution in [0.25, 0.3) is 0 Å². The fourth-order valence-electron chi connectivity index (χ4n) is 1.76. The molecule has 0 aliphatic rings. The molecule has 0 aliphatic carbocycles. The Morgan fingerprint density at radius 2 is 1.83 bits per heavy atom. The SMILES string of the molecule is C[C@@H](CO)c1cccc(OCc2ccccc2)c1. The smallest absolute Gasteiger partial charge is 0.120 e. The first-order chi connectivity index (χ1) is 8.79. The van der Waals surface area contributed by atoms with Gasteiger partial charge in [-0.1, -0.05) is 49.4 Å². The van der Waals surface area contributed by atoms with Crippen molar-refractivity contribution in [2.45, 2.75) is 19.4 Å². The van der Waals surface area contributed by atoms with Gasteiger partial charge in [0, 0.05) is 12.5 Å². The van der Waals surface area contributed by atoms with Gasteiger partial charge in [0.05, 0.1) is 0 Å². The van der Waals surface area contributed by atoms with E-state index < -0.39 is 0 Å². The number of aliphatic hydroxyl groups excluding tert-OH is 1. The number of hydrogen-bond donors (Lipinski definition) is 1. The van der Waals surface area contributed by atoms with Crippen molar-refractivity contribution in [2.24, 2.45) is 0 Å². The van der Waals surface area contributed by atoms with E-state index in [1.807, 2.05) is 61.5 Å². The van der Waals surface area contributed by atoms with Gasteiger partial charge in [-0.15, -0.1) is 0 Å². The Morgan fingerprint density at radius 3 is 2.56 bits per heavy atom. The Bertz CT molecular complexity index is 479. The second-order valence-corrected chi connectivity index (χ2v) is 4.43. The minimum Gasteiger partial charge on any atom is -0.489 e. The van der Waals surface area contributed by atoms with Crippen LogP contribution < -0.4 is 4.74 Å². The zero-order chi connectivity index (χ0) is 12.8. The van der Waals surface area contributed by atoms with E-state index in [1.165, 1.54) is 0 Å². The highest BCUT2D eigenvalue weighted by Crippen LogP contribution is 2.21. The van der Waals surface area contributed by atoms with Crippen molar-refractivity contribution in [1.82, 2.24) is 0 Å². The average Bonchev–Trinajstić information content (AvgIpc) is 2.45. The summed E-state index contributed by atoms with van der Waals surface area (Å²) < 4.78 is 5.75. The lowest BCUT2D eigenvalue weighted by Crippen LogP contribution is -2.00. The predicted molar refractivity (Wildman–Crippen MR) is 72.7 cm³/mol. The van der Waals surface area contributed by atoms with Crippen LogP contribution in [0.15, 0.2) is 54.6 Å². The molecule has 2 heteroatoms. The van der Waals surface area contributed by atoms with E-state index in [1.54, 1.807) is 0 Å². The quantitative estimate of drug-likeness (QED) is 0.871. The summed E-state index contributed by atoms with van der Waals surface area (Å²) in [6.07, 6.45) is 0. The maximum Gasteiger partial charge on any atom is 0.120 e. The number of rotatable bonds is 5. The van der Waals surface area contributed by atoms with E-state index in [2.05, 4.69) is 0 Å². The summed E-state index contributed by atoms with van der Waals surface area (Å²) in [7, 11) is 0. The number of benzene rings is 2. The fraction of sp³-hybridized carbons (Fsp3) is 0.250. The number of aliphatic hydroxyl groups is 1. The molecule has 0 saturated carbocycles. The molecule has 0 aliphatic heterocycles. The van der Waals surface area contributed by atoms with Crippen molar-refractivity contribution in [3.05, 3.63) is 65.7 Å². The second kappa shape index (κ2) is 6.22. The van der Waals surface area contributed by atoms with E-state index in [0.29, 0.717) is 6.61 Å². The lowest BCUT2D eigenvalue weighted by Gasteiger charge is -2.11. The largest absolute Gasteiger partial charge is 0.489 e. The van der Waals surface area contributed by atoms with Crippen molar-refractivity contribution in [2.75, 3.05) is 6.61 Å². The van der Waals surface area contributed by atoms with Crippen LogP contribution in [0.2, 0.25) is 0 Å². The molecular formula is C16H18O2. The van der Waals surface area contributed by atoms with Gasteiger partial charge in [-0.2, -0.15) is 0 Å². The highest BCUT2D eigenvalue weighted by atomic mass is 16.5. The fourth-order valence-corrected chi connectivity index (χ4v) is 1.76. The minimum atomic E-state index is 0.144. The lowest BCUT2D eigenvalue weighted by molar-refractivity contribution is 0.272. The van der Waals surface area contributed by atoms with Crippen LogP contribution >= 0.6 is 0 Å². The van der Waals surface area contributed by atoms with E-state index in [9.17, 15) is 0 Å². The number of hydrogen-bond acceptors (Lipinski definition) is 2. The monoisotopic (exact) mass is 242 g/mol. The van der Waals surface area contributed by atoms with E-state index in [4.69, 9.17) is 9.84 Å². The van der Waals surface area contributed by atoms with E-state index in [0.717, 1.165) is 16.9 Å². The molecule has 0 aromatic heterocycles. The molecule has 0 radical (unpaired) electrons. The van der Waals surface area contributed by atoms with Crippen molar-refractivity contribution < 1.29 is 9.84 Å². The second-order valence-electron chi connectivity index (χ2n) is 4.43. The van der Waals surface area contributed by atoms with Crippen molar-refractivity contribution in [3.8, 4) is 5.75 Å². The molecule has 1 atom stereocenters. The molecule has 0 fully saturated rings. The zero-order valence-corrected chi connectivity index (χ0v) is 10.5. The molecule has 0 heterocycles. The lowest BCUT2D eigenvalue weighted by atomic mass is 10.0. The normalized spacial score (nSPS) is 12.1. The molecule has 2 aromatic carbocycles. The third-order valence-electron chi connectivity index (χ3n) is 2.95. The van der Waals surface area contributed by atoms with Crippen LogP contribution in [0.3, 0.4) is 0 Å². The van der Waals surface area contributed by atoms with Crippen LogP contribution in [-0.2, 0) is 6.61 Å². The van der Waals surface area contributed by atoms with Gasteiger partial charge in [0.25, 0.3) is 0 Å². The van der Waals surface area contributed by atoms with Gasteiger partial charge < -0.3 is 9.84 Å². The van der Waals surface area contributed by atoms with Crippen LogP contribution in [0.1, 0.15) is 24.0 Å². The molecule has 1 N–H and O–H groups in total. The Kier molecular flexibility index (Phi) is 4.37. The van der Waals surface area contributed by atoms with Crippen molar-refractivity contribution in [1.29, 1.82) is 0 Å². The van der Waals surface area contributed by atoms with Crippen molar-refractivity contribution >= 4 is 0 Å². The first kappa shape index (κ1) is 12.7. The third-order valence-corrected chi connectivity index (χ3v) is 2.95. The Balaban J connectivity index is 2.01. The Morgan fingerprint density at radius 1 is 1.06 bits per heavy atom. The molecule has 0 unspecified atom stereocenters. The number of ether oxygens (including phenoxy) is 1. The van der Waals surface area contributed by atoms with Crippen LogP contribution in [0.4, 0.5) is 0 Å². The minimum absolute atomic E-state index is 0.144. The van der Waals surface area contributed by atoms with Gasteiger partial charge in [-0.05, 0) is 23.3 Å². The molecule has 0 saturated heterocycles. The highest BCUT2D eigenvalue weighted by molar-refractivity contribution is 5.31. The first-order valence-corrected chi connectivity index (χ1v) is 6.17. The zero-order valence-electron chi connectivity index (χ0n) is 10.5. The summed E-state index contributed by atoms with van der Waals surface area (Å²) in [4.78, 5) is 0. The van der Waals surface area contributed by atoms with Crippen molar-refractivity contribution in [3.63, 3.8) is 0 Å².